The van der Waals surface area contributed by atoms with Crippen molar-refractivity contribution in [1.82, 2.24) is 4.90 Å². The molecule has 0 spiro atoms. The summed E-state index contributed by atoms with van der Waals surface area (Å²) in [6.45, 7) is 5.49. The molecule has 0 saturated carbocycles. The van der Waals surface area contributed by atoms with Gasteiger partial charge in [0.15, 0.2) is 0 Å². The van der Waals surface area contributed by atoms with Crippen molar-refractivity contribution in [2.75, 3.05) is 18.4 Å². The van der Waals surface area contributed by atoms with Crippen LogP contribution in [0.15, 0.2) is 60.7 Å². The van der Waals surface area contributed by atoms with Crippen LogP contribution in [0, 0.1) is 11.8 Å². The van der Waals surface area contributed by atoms with Gasteiger partial charge in [0, 0.05) is 18.8 Å². The van der Waals surface area contributed by atoms with E-state index < -0.39 is 0 Å². The van der Waals surface area contributed by atoms with Crippen molar-refractivity contribution in [3.63, 3.8) is 0 Å². The minimum absolute atomic E-state index is 0.00324. The van der Waals surface area contributed by atoms with Crippen LogP contribution in [-0.4, -0.2) is 29.8 Å². The minimum Gasteiger partial charge on any atom is -0.341 e. The van der Waals surface area contributed by atoms with Gasteiger partial charge in [-0.15, -0.1) is 0 Å². The second kappa shape index (κ2) is 9.54. The molecule has 0 aliphatic carbocycles. The largest absolute Gasteiger partial charge is 0.341 e. The maximum absolute atomic E-state index is 13.4. The number of carbonyl (C=O) groups excluding carboxylic acids is 2. The second-order valence-electron chi connectivity index (χ2n) is 7.75. The van der Waals surface area contributed by atoms with E-state index in [0.717, 1.165) is 37.1 Å². The normalized spacial score (nSPS) is 18.9. The van der Waals surface area contributed by atoms with Crippen LogP contribution in [0.2, 0.25) is 0 Å². The van der Waals surface area contributed by atoms with Gasteiger partial charge in [-0.3, -0.25) is 9.59 Å². The molecule has 4 heteroatoms. The summed E-state index contributed by atoms with van der Waals surface area (Å²) in [7, 11) is 0. The Bertz CT molecular complexity index is 776. The Labute approximate surface area is 167 Å². The average molecular weight is 379 g/mol. The zero-order valence-electron chi connectivity index (χ0n) is 16.8. The molecule has 1 N–H and O–H groups in total. The van der Waals surface area contributed by atoms with Crippen LogP contribution < -0.4 is 5.32 Å². The molecule has 1 heterocycles. The van der Waals surface area contributed by atoms with E-state index in [0.29, 0.717) is 6.54 Å². The van der Waals surface area contributed by atoms with Gasteiger partial charge < -0.3 is 10.2 Å². The van der Waals surface area contributed by atoms with Gasteiger partial charge in [0.2, 0.25) is 11.8 Å². The number of amides is 2. The van der Waals surface area contributed by atoms with Crippen LogP contribution in [0.4, 0.5) is 5.69 Å². The third-order valence-electron chi connectivity index (χ3n) is 5.78. The topological polar surface area (TPSA) is 49.4 Å². The fourth-order valence-electron chi connectivity index (χ4n) is 3.96. The minimum atomic E-state index is -0.161. The van der Waals surface area contributed by atoms with Crippen molar-refractivity contribution < 1.29 is 9.59 Å². The quantitative estimate of drug-likeness (QED) is 0.792. The lowest BCUT2D eigenvalue weighted by Gasteiger charge is -2.36. The number of hydrogen-bond acceptors (Lipinski definition) is 2. The lowest BCUT2D eigenvalue weighted by molar-refractivity contribution is -0.137. The van der Waals surface area contributed by atoms with E-state index in [2.05, 4.69) is 19.2 Å². The molecule has 3 atom stereocenters. The maximum Gasteiger partial charge on any atom is 0.230 e. The van der Waals surface area contributed by atoms with E-state index in [1.54, 1.807) is 0 Å². The van der Waals surface area contributed by atoms with Crippen LogP contribution in [0.3, 0.4) is 0 Å². The number of rotatable bonds is 6. The molecular weight excluding hydrogens is 348 g/mol. The van der Waals surface area contributed by atoms with Gasteiger partial charge in [-0.2, -0.15) is 0 Å². The number of piperidine rings is 1. The molecule has 3 unspecified atom stereocenters. The van der Waals surface area contributed by atoms with Crippen molar-refractivity contribution in [1.29, 1.82) is 0 Å². The highest BCUT2D eigenvalue weighted by molar-refractivity contribution is 5.93. The second-order valence-corrected chi connectivity index (χ2v) is 7.75. The molecule has 0 aromatic heterocycles. The predicted octanol–water partition coefficient (Wildman–Crippen LogP) is 4.69. The number of benzene rings is 2. The van der Waals surface area contributed by atoms with Crippen molar-refractivity contribution in [3.05, 3.63) is 66.2 Å². The molecular formula is C24H30N2O2. The summed E-state index contributed by atoms with van der Waals surface area (Å²) < 4.78 is 0. The van der Waals surface area contributed by atoms with Gasteiger partial charge in [-0.25, -0.2) is 0 Å². The van der Waals surface area contributed by atoms with Gasteiger partial charge in [0.1, 0.15) is 0 Å². The van der Waals surface area contributed by atoms with Crippen LogP contribution in [0.1, 0.15) is 44.6 Å². The lowest BCUT2D eigenvalue weighted by Crippen LogP contribution is -2.46. The third-order valence-corrected chi connectivity index (χ3v) is 5.78. The zero-order valence-corrected chi connectivity index (χ0v) is 16.8. The smallest absolute Gasteiger partial charge is 0.230 e. The van der Waals surface area contributed by atoms with Crippen molar-refractivity contribution in [2.24, 2.45) is 11.8 Å². The van der Waals surface area contributed by atoms with Crippen LogP contribution >= 0.6 is 0 Å². The van der Waals surface area contributed by atoms with Gasteiger partial charge in [-0.1, -0.05) is 68.8 Å². The third kappa shape index (κ3) is 4.80. The number of likely N-dealkylation sites (tertiary alicyclic amines) is 1. The Morgan fingerprint density at radius 1 is 1.07 bits per heavy atom. The SMILES string of the molecule is CCC(C)C(C(=O)N1CCCC(C(=O)Nc2ccccc2)C1)c1ccccc1. The Morgan fingerprint density at radius 2 is 1.71 bits per heavy atom. The Kier molecular flexibility index (Phi) is 6.85. The number of carbonyl (C=O) groups is 2. The Balaban J connectivity index is 1.71. The first-order chi connectivity index (χ1) is 13.6. The molecule has 4 nitrogen and oxygen atoms in total. The highest BCUT2D eigenvalue weighted by Crippen LogP contribution is 2.31. The van der Waals surface area contributed by atoms with E-state index in [9.17, 15) is 9.59 Å². The summed E-state index contributed by atoms with van der Waals surface area (Å²) in [5, 5.41) is 2.99. The van der Waals surface area contributed by atoms with Crippen LogP contribution in [0.5, 0.6) is 0 Å². The van der Waals surface area contributed by atoms with E-state index in [4.69, 9.17) is 0 Å². The molecule has 28 heavy (non-hydrogen) atoms. The Morgan fingerprint density at radius 3 is 2.36 bits per heavy atom. The molecule has 2 aromatic carbocycles. The summed E-state index contributed by atoms with van der Waals surface area (Å²) >= 11 is 0. The van der Waals surface area contributed by atoms with Crippen molar-refractivity contribution in [3.8, 4) is 0 Å². The highest BCUT2D eigenvalue weighted by Gasteiger charge is 2.34. The predicted molar refractivity (Wildman–Crippen MR) is 113 cm³/mol. The first-order valence-corrected chi connectivity index (χ1v) is 10.3. The summed E-state index contributed by atoms with van der Waals surface area (Å²) in [6, 6.07) is 19.6. The number of nitrogens with zero attached hydrogens (tertiary/aromatic N) is 1. The molecule has 2 aromatic rings. The first kappa shape index (κ1) is 20.1. The number of hydrogen-bond donors (Lipinski definition) is 1. The summed E-state index contributed by atoms with van der Waals surface area (Å²) in [5.74, 6) is 0.100. The lowest BCUT2D eigenvalue weighted by atomic mass is 9.83. The van der Waals surface area contributed by atoms with Crippen molar-refractivity contribution >= 4 is 17.5 Å². The van der Waals surface area contributed by atoms with E-state index in [1.165, 1.54) is 0 Å². The van der Waals surface area contributed by atoms with E-state index in [1.807, 2.05) is 65.6 Å². The van der Waals surface area contributed by atoms with Gasteiger partial charge in [0.05, 0.1) is 11.8 Å². The molecule has 1 aliphatic rings. The number of nitrogens with one attached hydrogen (secondary N) is 1. The molecule has 0 bridgehead atoms. The van der Waals surface area contributed by atoms with Gasteiger partial charge in [-0.05, 0) is 36.5 Å². The van der Waals surface area contributed by atoms with Crippen LogP contribution in [-0.2, 0) is 9.59 Å². The number of para-hydroxylation sites is 1. The molecule has 0 radical (unpaired) electrons. The molecule has 1 fully saturated rings. The van der Waals surface area contributed by atoms with E-state index >= 15 is 0 Å². The van der Waals surface area contributed by atoms with Crippen molar-refractivity contribution in [2.45, 2.75) is 39.0 Å². The standard InChI is InChI=1S/C24H30N2O2/c1-3-18(2)22(19-11-6-4-7-12-19)24(28)26-16-10-13-20(17-26)23(27)25-21-14-8-5-9-15-21/h4-9,11-12,14-15,18,20,22H,3,10,13,16-17H2,1-2H3,(H,25,27). The molecule has 1 aliphatic heterocycles. The fraction of sp³-hybridized carbons (Fsp3) is 0.417. The molecule has 2 amide bonds. The molecule has 1 saturated heterocycles. The first-order valence-electron chi connectivity index (χ1n) is 10.3. The maximum atomic E-state index is 13.4. The fourth-order valence-corrected chi connectivity index (χ4v) is 3.96. The highest BCUT2D eigenvalue weighted by atomic mass is 16.2. The van der Waals surface area contributed by atoms with Gasteiger partial charge >= 0.3 is 0 Å². The van der Waals surface area contributed by atoms with Crippen LogP contribution in [0.25, 0.3) is 0 Å². The van der Waals surface area contributed by atoms with E-state index in [-0.39, 0.29) is 29.6 Å². The number of anilines is 1. The molecule has 148 valence electrons. The average Bonchev–Trinajstić information content (AvgIpc) is 2.75. The Hall–Kier alpha value is -2.62. The zero-order chi connectivity index (χ0) is 19.9. The van der Waals surface area contributed by atoms with Gasteiger partial charge in [0.25, 0.3) is 0 Å². The summed E-state index contributed by atoms with van der Waals surface area (Å²) in [6.07, 6.45) is 2.62. The molecule has 3 rings (SSSR count). The summed E-state index contributed by atoms with van der Waals surface area (Å²) in [5.41, 5.74) is 1.87. The summed E-state index contributed by atoms with van der Waals surface area (Å²) in [4.78, 5) is 28.0. The monoisotopic (exact) mass is 378 g/mol.